The summed E-state index contributed by atoms with van der Waals surface area (Å²) in [5.41, 5.74) is 11.3. The lowest BCUT2D eigenvalue weighted by Gasteiger charge is -2.13. The highest BCUT2D eigenvalue weighted by molar-refractivity contribution is 6.18. The van der Waals surface area contributed by atoms with Crippen molar-refractivity contribution in [3.05, 3.63) is 121 Å². The van der Waals surface area contributed by atoms with E-state index in [1.54, 1.807) is 0 Å². The molecule has 184 valence electrons. The fourth-order valence-electron chi connectivity index (χ4n) is 7.01. The Kier molecular flexibility index (Phi) is 3.65. The molecule has 40 heavy (non-hydrogen) atoms. The van der Waals surface area contributed by atoms with E-state index in [4.69, 9.17) is 9.97 Å². The molecule has 4 heterocycles. The summed E-state index contributed by atoms with van der Waals surface area (Å²) >= 11 is 0. The normalized spacial score (nSPS) is 12.5. The molecule has 0 saturated carbocycles. The molecule has 0 N–H and O–H groups in total. The molecule has 10 rings (SSSR count). The Morgan fingerprint density at radius 3 is 1.98 bits per heavy atom. The number of aromatic nitrogens is 4. The third kappa shape index (κ3) is 2.38. The maximum atomic E-state index is 5.33. The first-order valence-corrected chi connectivity index (χ1v) is 13.6. The van der Waals surface area contributed by atoms with Crippen LogP contribution in [0.4, 0.5) is 0 Å². The van der Waals surface area contributed by atoms with Crippen LogP contribution in [0.3, 0.4) is 0 Å². The van der Waals surface area contributed by atoms with Crippen LogP contribution >= 0.6 is 0 Å². The van der Waals surface area contributed by atoms with Gasteiger partial charge in [-0.1, -0.05) is 97.1 Å². The van der Waals surface area contributed by atoms with E-state index in [2.05, 4.69) is 130 Å². The summed E-state index contributed by atoms with van der Waals surface area (Å²) in [6.07, 6.45) is 0. The summed E-state index contributed by atoms with van der Waals surface area (Å²) in [6.45, 7) is 0. The van der Waals surface area contributed by atoms with Crippen molar-refractivity contribution in [2.75, 3.05) is 0 Å². The zero-order chi connectivity index (χ0) is 25.9. The van der Waals surface area contributed by atoms with Crippen LogP contribution in [0, 0.1) is 0 Å². The molecule has 4 heteroatoms. The molecule has 9 aromatic rings. The van der Waals surface area contributed by atoms with Gasteiger partial charge in [-0.25, -0.2) is 9.97 Å². The second-order valence-corrected chi connectivity index (χ2v) is 10.6. The van der Waals surface area contributed by atoms with E-state index in [0.717, 1.165) is 50.0 Å². The van der Waals surface area contributed by atoms with Crippen molar-refractivity contribution in [1.82, 2.24) is 18.9 Å². The van der Waals surface area contributed by atoms with Gasteiger partial charge in [0.2, 0.25) is 0 Å². The highest BCUT2D eigenvalue weighted by Crippen LogP contribution is 2.47. The molecular formula is C36H20N4. The van der Waals surface area contributed by atoms with Crippen LogP contribution in [-0.4, -0.2) is 18.9 Å². The van der Waals surface area contributed by atoms with Gasteiger partial charge in [0.05, 0.1) is 16.6 Å². The molecule has 0 atom stereocenters. The summed E-state index contributed by atoms with van der Waals surface area (Å²) in [4.78, 5) is 10.6. The number of pyridine rings is 2. The van der Waals surface area contributed by atoms with Crippen LogP contribution < -0.4 is 0 Å². The minimum atomic E-state index is 0.904. The number of nitrogens with zero attached hydrogens (tertiary/aromatic N) is 4. The SMILES string of the molecule is c1ccc2c(c1)-c1cccc3nc(-n4c5ccccc5c5nc6c7ccccc7c7ccccc7n6c54)cc-2c13. The standard InChI is InChI=1S/C36H20N4/c1-2-11-22-21(10-1)25-16-9-17-29-33(25)28(22)20-32(37-29)39-31-19-8-6-15-27(31)34-36(39)40-30-18-7-5-13-24(30)23-12-3-4-14-26(23)35(40)38-34/h1-20H. The fourth-order valence-corrected chi connectivity index (χ4v) is 7.01. The summed E-state index contributed by atoms with van der Waals surface area (Å²) < 4.78 is 4.65. The van der Waals surface area contributed by atoms with Gasteiger partial charge < -0.3 is 0 Å². The maximum Gasteiger partial charge on any atom is 0.152 e. The summed E-state index contributed by atoms with van der Waals surface area (Å²) in [7, 11) is 0. The van der Waals surface area contributed by atoms with E-state index in [1.165, 1.54) is 38.4 Å². The number of rotatable bonds is 1. The summed E-state index contributed by atoms with van der Waals surface area (Å²) in [6, 6.07) is 43.2. The second kappa shape index (κ2) is 7.13. The van der Waals surface area contributed by atoms with Crippen molar-refractivity contribution >= 4 is 60.3 Å². The molecule has 0 unspecified atom stereocenters. The largest absolute Gasteiger partial charge is 0.278 e. The van der Waals surface area contributed by atoms with Gasteiger partial charge in [-0.15, -0.1) is 0 Å². The van der Waals surface area contributed by atoms with Gasteiger partial charge in [-0.3, -0.25) is 8.97 Å². The Morgan fingerprint density at radius 2 is 1.12 bits per heavy atom. The minimum Gasteiger partial charge on any atom is -0.278 e. The Bertz CT molecular complexity index is 2550. The van der Waals surface area contributed by atoms with Gasteiger partial charge >= 0.3 is 0 Å². The third-order valence-corrected chi connectivity index (χ3v) is 8.62. The summed E-state index contributed by atoms with van der Waals surface area (Å²) in [5.74, 6) is 0.904. The van der Waals surface area contributed by atoms with Crippen LogP contribution in [0.25, 0.3) is 88.4 Å². The number of para-hydroxylation sites is 2. The number of imidazole rings is 1. The molecule has 0 amide bonds. The quantitative estimate of drug-likeness (QED) is 0.208. The molecule has 1 aliphatic carbocycles. The van der Waals surface area contributed by atoms with Gasteiger partial charge in [0.15, 0.2) is 5.65 Å². The predicted octanol–water partition coefficient (Wildman–Crippen LogP) is 8.93. The molecule has 0 spiro atoms. The molecule has 4 nitrogen and oxygen atoms in total. The van der Waals surface area contributed by atoms with Crippen molar-refractivity contribution in [1.29, 1.82) is 0 Å². The smallest absolute Gasteiger partial charge is 0.152 e. The third-order valence-electron chi connectivity index (χ3n) is 8.62. The van der Waals surface area contributed by atoms with E-state index in [1.807, 2.05) is 0 Å². The topological polar surface area (TPSA) is 35.1 Å². The number of hydrogen-bond donors (Lipinski definition) is 0. The molecule has 0 fully saturated rings. The van der Waals surface area contributed by atoms with Crippen molar-refractivity contribution in [3.63, 3.8) is 0 Å². The highest BCUT2D eigenvalue weighted by Gasteiger charge is 2.26. The van der Waals surface area contributed by atoms with Gasteiger partial charge in [-0.05, 0) is 51.9 Å². The van der Waals surface area contributed by atoms with E-state index < -0.39 is 0 Å². The average molecular weight is 509 g/mol. The van der Waals surface area contributed by atoms with Crippen LogP contribution in [0.1, 0.15) is 0 Å². The molecular weight excluding hydrogens is 488 g/mol. The molecule has 1 aliphatic rings. The van der Waals surface area contributed by atoms with Gasteiger partial charge in [0.1, 0.15) is 17.0 Å². The maximum absolute atomic E-state index is 5.33. The number of benzene rings is 5. The van der Waals surface area contributed by atoms with E-state index >= 15 is 0 Å². The van der Waals surface area contributed by atoms with Crippen LogP contribution in [-0.2, 0) is 0 Å². The molecule has 0 bridgehead atoms. The predicted molar refractivity (Wildman–Crippen MR) is 164 cm³/mol. The Labute approximate surface area is 228 Å². The van der Waals surface area contributed by atoms with E-state index in [9.17, 15) is 0 Å². The first-order valence-electron chi connectivity index (χ1n) is 13.6. The van der Waals surface area contributed by atoms with Crippen molar-refractivity contribution in [2.45, 2.75) is 0 Å². The number of hydrogen-bond acceptors (Lipinski definition) is 2. The number of fused-ring (bicyclic) bond motifs is 13. The monoisotopic (exact) mass is 508 g/mol. The van der Waals surface area contributed by atoms with Gasteiger partial charge in [0, 0.05) is 21.5 Å². The summed E-state index contributed by atoms with van der Waals surface area (Å²) in [5, 5.41) is 5.94. The van der Waals surface area contributed by atoms with E-state index in [0.29, 0.717) is 0 Å². The molecule has 4 aromatic heterocycles. The lowest BCUT2D eigenvalue weighted by atomic mass is 10.1. The van der Waals surface area contributed by atoms with Crippen LogP contribution in [0.2, 0.25) is 0 Å². The first kappa shape index (κ1) is 20.5. The molecule has 5 aromatic carbocycles. The van der Waals surface area contributed by atoms with Gasteiger partial charge in [0.25, 0.3) is 0 Å². The zero-order valence-electron chi connectivity index (χ0n) is 21.3. The Hall–Kier alpha value is -5.48. The van der Waals surface area contributed by atoms with Crippen LogP contribution in [0.5, 0.6) is 0 Å². The van der Waals surface area contributed by atoms with Crippen molar-refractivity contribution in [2.24, 2.45) is 0 Å². The lowest BCUT2D eigenvalue weighted by molar-refractivity contribution is 1.07. The lowest BCUT2D eigenvalue weighted by Crippen LogP contribution is -2.02. The molecule has 0 saturated heterocycles. The van der Waals surface area contributed by atoms with Crippen molar-refractivity contribution < 1.29 is 0 Å². The fraction of sp³-hybridized carbons (Fsp3) is 0. The zero-order valence-corrected chi connectivity index (χ0v) is 21.3. The molecule has 0 aliphatic heterocycles. The minimum absolute atomic E-state index is 0.904. The molecule has 0 radical (unpaired) electrons. The van der Waals surface area contributed by atoms with Crippen molar-refractivity contribution in [3.8, 4) is 28.1 Å². The van der Waals surface area contributed by atoms with Crippen LogP contribution in [0.15, 0.2) is 121 Å². The van der Waals surface area contributed by atoms with Gasteiger partial charge in [-0.2, -0.15) is 0 Å². The Morgan fingerprint density at radius 1 is 0.475 bits per heavy atom. The van der Waals surface area contributed by atoms with E-state index in [-0.39, 0.29) is 0 Å². The highest BCUT2D eigenvalue weighted by atomic mass is 15.2. The first-order chi connectivity index (χ1) is 19.9. The Balaban J connectivity index is 1.44. The average Bonchev–Trinajstić information content (AvgIpc) is 3.66. The second-order valence-electron chi connectivity index (χ2n) is 10.6.